The van der Waals surface area contributed by atoms with Crippen molar-refractivity contribution in [3.63, 3.8) is 0 Å². The van der Waals surface area contributed by atoms with Crippen LogP contribution in [0.15, 0.2) is 0 Å². The summed E-state index contributed by atoms with van der Waals surface area (Å²) in [5.41, 5.74) is 5.96. The summed E-state index contributed by atoms with van der Waals surface area (Å²) in [6.45, 7) is 8.55. The van der Waals surface area contributed by atoms with Gasteiger partial charge in [0.1, 0.15) is 0 Å². The summed E-state index contributed by atoms with van der Waals surface area (Å²) in [7, 11) is 0. The quantitative estimate of drug-likeness (QED) is 0.783. The molecular weight excluding hydrogens is 204 g/mol. The van der Waals surface area contributed by atoms with E-state index in [1.807, 2.05) is 0 Å². The fourth-order valence-electron chi connectivity index (χ4n) is 2.91. The third-order valence-corrected chi connectivity index (χ3v) is 4.90. The molecule has 0 bridgehead atoms. The highest BCUT2D eigenvalue weighted by molar-refractivity contribution is 8.00. The number of rotatable bonds is 2. The molecule has 2 N–H and O–H groups in total. The summed E-state index contributed by atoms with van der Waals surface area (Å²) in [5, 5.41) is 0. The maximum Gasteiger partial charge on any atom is 0.0231 e. The van der Waals surface area contributed by atoms with Crippen LogP contribution in [-0.4, -0.2) is 41.1 Å². The van der Waals surface area contributed by atoms with Gasteiger partial charge in [-0.1, -0.05) is 0 Å². The molecule has 0 amide bonds. The zero-order valence-electron chi connectivity index (χ0n) is 10.0. The Hall–Kier alpha value is 0.270. The van der Waals surface area contributed by atoms with E-state index in [1.54, 1.807) is 0 Å². The molecule has 1 saturated carbocycles. The fraction of sp³-hybridized carbons (Fsp3) is 1.00. The van der Waals surface area contributed by atoms with Crippen molar-refractivity contribution in [2.75, 3.05) is 25.4 Å². The van der Waals surface area contributed by atoms with Crippen molar-refractivity contribution in [3.05, 3.63) is 0 Å². The van der Waals surface area contributed by atoms with Gasteiger partial charge in [0.25, 0.3) is 0 Å². The van der Waals surface area contributed by atoms with Crippen molar-refractivity contribution in [2.24, 2.45) is 11.7 Å². The van der Waals surface area contributed by atoms with Crippen molar-refractivity contribution in [1.82, 2.24) is 4.90 Å². The molecule has 1 heterocycles. The third-order valence-electron chi connectivity index (χ3n) is 3.60. The molecule has 0 aromatic carbocycles. The molecule has 1 aliphatic carbocycles. The van der Waals surface area contributed by atoms with Crippen LogP contribution in [0, 0.1) is 5.92 Å². The van der Waals surface area contributed by atoms with Crippen LogP contribution in [0.25, 0.3) is 0 Å². The molecule has 15 heavy (non-hydrogen) atoms. The zero-order chi connectivity index (χ0) is 10.9. The SMILES string of the molecule is CC1(C)CN(CC2CCC(N)C2)CCS1. The average molecular weight is 228 g/mol. The lowest BCUT2D eigenvalue weighted by Gasteiger charge is -2.38. The molecule has 0 aromatic heterocycles. The van der Waals surface area contributed by atoms with E-state index in [0.717, 1.165) is 5.92 Å². The minimum Gasteiger partial charge on any atom is -0.328 e. The van der Waals surface area contributed by atoms with Gasteiger partial charge in [0.2, 0.25) is 0 Å². The molecule has 2 fully saturated rings. The summed E-state index contributed by atoms with van der Waals surface area (Å²) in [5.74, 6) is 2.17. The average Bonchev–Trinajstić information content (AvgIpc) is 2.49. The molecule has 2 nitrogen and oxygen atoms in total. The second-order valence-corrected chi connectivity index (χ2v) is 7.58. The van der Waals surface area contributed by atoms with E-state index in [0.29, 0.717) is 10.8 Å². The first kappa shape index (κ1) is 11.7. The summed E-state index contributed by atoms with van der Waals surface area (Å²) < 4.78 is 0.457. The van der Waals surface area contributed by atoms with Crippen molar-refractivity contribution in [3.8, 4) is 0 Å². The van der Waals surface area contributed by atoms with E-state index >= 15 is 0 Å². The molecule has 1 saturated heterocycles. The maximum atomic E-state index is 5.96. The number of thioether (sulfide) groups is 1. The first-order valence-electron chi connectivity index (χ1n) is 6.17. The van der Waals surface area contributed by atoms with E-state index < -0.39 is 0 Å². The summed E-state index contributed by atoms with van der Waals surface area (Å²) in [4.78, 5) is 2.65. The van der Waals surface area contributed by atoms with Crippen LogP contribution in [0.5, 0.6) is 0 Å². The fourth-order valence-corrected chi connectivity index (χ4v) is 4.09. The van der Waals surface area contributed by atoms with Crippen LogP contribution < -0.4 is 5.73 Å². The summed E-state index contributed by atoms with van der Waals surface area (Å²) in [6, 6.07) is 0.488. The Morgan fingerprint density at radius 2 is 2.20 bits per heavy atom. The Morgan fingerprint density at radius 3 is 2.80 bits per heavy atom. The Balaban J connectivity index is 1.79. The molecule has 2 aliphatic rings. The van der Waals surface area contributed by atoms with Crippen molar-refractivity contribution in [2.45, 2.75) is 43.9 Å². The van der Waals surface area contributed by atoms with Crippen LogP contribution in [0.3, 0.4) is 0 Å². The molecule has 0 aromatic rings. The Morgan fingerprint density at radius 1 is 1.40 bits per heavy atom. The zero-order valence-corrected chi connectivity index (χ0v) is 10.9. The van der Waals surface area contributed by atoms with Gasteiger partial charge >= 0.3 is 0 Å². The number of nitrogens with zero attached hydrogens (tertiary/aromatic N) is 1. The monoisotopic (exact) mass is 228 g/mol. The minimum absolute atomic E-state index is 0.457. The number of hydrogen-bond donors (Lipinski definition) is 1. The third kappa shape index (κ3) is 3.36. The van der Waals surface area contributed by atoms with Gasteiger partial charge in [0, 0.05) is 36.2 Å². The van der Waals surface area contributed by atoms with Gasteiger partial charge in [-0.05, 0) is 39.0 Å². The first-order chi connectivity index (χ1) is 7.05. The van der Waals surface area contributed by atoms with Crippen LogP contribution in [0.1, 0.15) is 33.1 Å². The number of nitrogens with two attached hydrogens (primary N) is 1. The van der Waals surface area contributed by atoms with Gasteiger partial charge < -0.3 is 10.6 Å². The molecule has 0 spiro atoms. The molecular formula is C12H24N2S. The highest BCUT2D eigenvalue weighted by atomic mass is 32.2. The normalized spacial score (nSPS) is 37.0. The largest absolute Gasteiger partial charge is 0.328 e. The smallest absolute Gasteiger partial charge is 0.0231 e. The van der Waals surface area contributed by atoms with Crippen LogP contribution in [0.4, 0.5) is 0 Å². The van der Waals surface area contributed by atoms with Gasteiger partial charge in [-0.3, -0.25) is 0 Å². The van der Waals surface area contributed by atoms with Gasteiger partial charge in [-0.25, -0.2) is 0 Å². The minimum atomic E-state index is 0.457. The predicted molar refractivity (Wildman–Crippen MR) is 68.3 cm³/mol. The predicted octanol–water partition coefficient (Wildman–Crippen LogP) is 1.94. The maximum absolute atomic E-state index is 5.96. The topological polar surface area (TPSA) is 29.3 Å². The van der Waals surface area contributed by atoms with Gasteiger partial charge in [0.15, 0.2) is 0 Å². The Kier molecular flexibility index (Phi) is 3.63. The second-order valence-electron chi connectivity index (χ2n) is 5.78. The highest BCUT2D eigenvalue weighted by Gasteiger charge is 2.30. The summed E-state index contributed by atoms with van der Waals surface area (Å²) in [6.07, 6.45) is 3.85. The van der Waals surface area contributed by atoms with E-state index in [-0.39, 0.29) is 0 Å². The molecule has 2 unspecified atom stereocenters. The highest BCUT2D eigenvalue weighted by Crippen LogP contribution is 2.32. The molecule has 1 aliphatic heterocycles. The van der Waals surface area contributed by atoms with E-state index in [1.165, 1.54) is 44.6 Å². The van der Waals surface area contributed by atoms with Crippen LogP contribution in [0.2, 0.25) is 0 Å². The Labute approximate surface area is 98.0 Å². The molecule has 2 atom stereocenters. The molecule has 88 valence electrons. The standard InChI is InChI=1S/C12H24N2S/c1-12(2)9-14(5-6-15-12)8-10-3-4-11(13)7-10/h10-11H,3-9,13H2,1-2H3. The van der Waals surface area contributed by atoms with E-state index in [2.05, 4.69) is 30.5 Å². The molecule has 2 rings (SSSR count). The number of hydrogen-bond acceptors (Lipinski definition) is 3. The van der Waals surface area contributed by atoms with Crippen LogP contribution >= 0.6 is 11.8 Å². The first-order valence-corrected chi connectivity index (χ1v) is 7.16. The van der Waals surface area contributed by atoms with Gasteiger partial charge in [0.05, 0.1) is 0 Å². The lowest BCUT2D eigenvalue weighted by molar-refractivity contribution is 0.221. The van der Waals surface area contributed by atoms with Crippen LogP contribution in [-0.2, 0) is 0 Å². The summed E-state index contributed by atoms with van der Waals surface area (Å²) >= 11 is 2.12. The Bertz CT molecular complexity index is 218. The van der Waals surface area contributed by atoms with Gasteiger partial charge in [-0.15, -0.1) is 0 Å². The van der Waals surface area contributed by atoms with Crippen molar-refractivity contribution >= 4 is 11.8 Å². The molecule has 3 heteroatoms. The van der Waals surface area contributed by atoms with E-state index in [4.69, 9.17) is 5.73 Å². The van der Waals surface area contributed by atoms with Crippen molar-refractivity contribution < 1.29 is 0 Å². The van der Waals surface area contributed by atoms with Gasteiger partial charge in [-0.2, -0.15) is 11.8 Å². The second kappa shape index (κ2) is 4.64. The van der Waals surface area contributed by atoms with Crippen molar-refractivity contribution in [1.29, 1.82) is 0 Å². The molecule has 0 radical (unpaired) electrons. The van der Waals surface area contributed by atoms with E-state index in [9.17, 15) is 0 Å². The lowest BCUT2D eigenvalue weighted by atomic mass is 10.1. The lowest BCUT2D eigenvalue weighted by Crippen LogP contribution is -2.44.